The Morgan fingerprint density at radius 1 is 0.957 bits per heavy atom. The molecule has 0 aliphatic heterocycles. The second-order valence-corrected chi connectivity index (χ2v) is 11.2. The monoisotopic (exact) mass is 636 g/mol. The zero-order chi connectivity index (χ0) is 33.1. The van der Waals surface area contributed by atoms with Gasteiger partial charge in [-0.3, -0.25) is 10.1 Å². The number of primary amides is 1. The summed E-state index contributed by atoms with van der Waals surface area (Å²) in [6.45, 7) is 12.1. The molecule has 4 aromatic heterocycles. The van der Waals surface area contributed by atoms with Crippen LogP contribution in [0, 0.1) is 13.8 Å². The number of aromatic nitrogens is 7. The molecule has 0 atom stereocenters. The number of ether oxygens (including phenoxy) is 1. The van der Waals surface area contributed by atoms with E-state index in [4.69, 9.17) is 24.9 Å². The molecule has 0 unspecified atom stereocenters. The number of hydrogen-bond donors (Lipinski definition) is 3. The number of nitrogens with one attached hydrogen (secondary N) is 2. The number of imidazole rings is 2. The minimum Gasteiger partial charge on any atom is -0.491 e. The number of amides is 1. The number of aryl methyl sites for hydroxylation is 4. The van der Waals surface area contributed by atoms with Crippen molar-refractivity contribution >= 4 is 51.6 Å². The number of nitrogens with zero attached hydrogens (tertiary/aromatic N) is 7. The lowest BCUT2D eigenvalue weighted by molar-refractivity contribution is 0.1000. The first-order chi connectivity index (χ1) is 22.8. The molecule has 0 aliphatic rings. The Balaban J connectivity index is 1.37. The predicted octanol–water partition coefficient (Wildman–Crippen LogP) is 6.40. The van der Waals surface area contributed by atoms with E-state index in [1.54, 1.807) is 12.1 Å². The molecule has 0 saturated heterocycles. The molecule has 4 N–H and O–H groups in total. The Morgan fingerprint density at radius 3 is 2.45 bits per heavy atom. The van der Waals surface area contributed by atoms with Gasteiger partial charge in [0.2, 0.25) is 23.7 Å². The van der Waals surface area contributed by atoms with Crippen molar-refractivity contribution in [2.75, 3.05) is 17.2 Å². The number of carbonyl (C=O) groups excluding carboxylic acids is 1. The first kappa shape index (κ1) is 31.4. The highest BCUT2D eigenvalue weighted by Gasteiger charge is 2.20. The predicted molar refractivity (Wildman–Crippen MR) is 183 cm³/mol. The van der Waals surface area contributed by atoms with Crippen molar-refractivity contribution < 1.29 is 13.9 Å². The number of rotatable bonds is 14. The van der Waals surface area contributed by atoms with Gasteiger partial charge in [-0.25, -0.2) is 19.6 Å². The summed E-state index contributed by atoms with van der Waals surface area (Å²) in [6.07, 6.45) is 5.65. The highest BCUT2D eigenvalue weighted by Crippen LogP contribution is 2.33. The van der Waals surface area contributed by atoms with Gasteiger partial charge >= 0.3 is 0 Å². The van der Waals surface area contributed by atoms with E-state index in [0.717, 1.165) is 52.7 Å². The Morgan fingerprint density at radius 2 is 1.70 bits per heavy atom. The van der Waals surface area contributed by atoms with Crippen molar-refractivity contribution in [1.29, 1.82) is 0 Å². The smallest absolute Gasteiger partial charge is 0.248 e. The summed E-state index contributed by atoms with van der Waals surface area (Å²) in [6, 6.07) is 13.5. The van der Waals surface area contributed by atoms with Gasteiger partial charge in [0.25, 0.3) is 0 Å². The van der Waals surface area contributed by atoms with Gasteiger partial charge in [0.05, 0.1) is 28.9 Å². The molecular formula is C34H40N10O3. The highest BCUT2D eigenvalue weighted by atomic mass is 16.5. The maximum Gasteiger partial charge on any atom is 0.248 e. The molecule has 4 heterocycles. The molecule has 2 aromatic carbocycles. The summed E-state index contributed by atoms with van der Waals surface area (Å²) in [4.78, 5) is 26.4. The number of fused-ring (bicyclic) bond motifs is 2. The summed E-state index contributed by atoms with van der Waals surface area (Å²) in [5.41, 5.74) is 11.0. The van der Waals surface area contributed by atoms with Crippen LogP contribution in [-0.4, -0.2) is 46.4 Å². The number of hydrogen-bond acceptors (Lipinski definition) is 9. The number of anilines is 4. The maximum absolute atomic E-state index is 12.2. The molecule has 13 heteroatoms. The van der Waals surface area contributed by atoms with Gasteiger partial charge in [0.15, 0.2) is 5.89 Å². The number of benzene rings is 2. The van der Waals surface area contributed by atoms with Crippen LogP contribution in [0.5, 0.6) is 5.75 Å². The molecule has 1 amide bonds. The zero-order valence-electron chi connectivity index (χ0n) is 27.4. The van der Waals surface area contributed by atoms with Crippen LogP contribution in [0.25, 0.3) is 22.1 Å². The average molecular weight is 637 g/mol. The van der Waals surface area contributed by atoms with E-state index in [0.29, 0.717) is 60.7 Å². The van der Waals surface area contributed by atoms with Crippen LogP contribution in [0.3, 0.4) is 0 Å². The number of nitrogens with two attached hydrogens (primary N) is 1. The van der Waals surface area contributed by atoms with E-state index in [2.05, 4.69) is 50.4 Å². The van der Waals surface area contributed by atoms with E-state index in [1.165, 1.54) is 0 Å². The van der Waals surface area contributed by atoms with E-state index in [9.17, 15) is 4.79 Å². The third kappa shape index (κ3) is 6.41. The number of para-hydroxylation sites is 2. The van der Waals surface area contributed by atoms with Gasteiger partial charge in [0.1, 0.15) is 22.8 Å². The lowest BCUT2D eigenvalue weighted by Gasteiger charge is -2.12. The first-order valence-electron chi connectivity index (χ1n) is 15.9. The Bertz CT molecular complexity index is 2080. The van der Waals surface area contributed by atoms with Crippen molar-refractivity contribution in [3.8, 4) is 5.75 Å². The van der Waals surface area contributed by atoms with E-state index < -0.39 is 5.91 Å². The van der Waals surface area contributed by atoms with Crippen LogP contribution in [-0.2, 0) is 26.1 Å². The summed E-state index contributed by atoms with van der Waals surface area (Å²) in [7, 11) is 0. The fraction of sp³-hybridized carbons (Fsp3) is 0.324. The molecule has 244 valence electrons. The molecule has 47 heavy (non-hydrogen) atoms. The second-order valence-electron chi connectivity index (χ2n) is 11.2. The molecular weight excluding hydrogens is 596 g/mol. The second kappa shape index (κ2) is 13.4. The van der Waals surface area contributed by atoms with Gasteiger partial charge in [-0.1, -0.05) is 38.1 Å². The molecule has 13 nitrogen and oxygen atoms in total. The van der Waals surface area contributed by atoms with Gasteiger partial charge in [0, 0.05) is 38.2 Å². The van der Waals surface area contributed by atoms with E-state index in [-0.39, 0.29) is 0 Å². The quantitative estimate of drug-likeness (QED) is 0.115. The summed E-state index contributed by atoms with van der Waals surface area (Å²) < 4.78 is 18.1. The number of allylic oxidation sites excluding steroid dienone is 2. The number of oxazole rings is 1. The average Bonchev–Trinajstić information content (AvgIpc) is 3.80. The zero-order valence-corrected chi connectivity index (χ0v) is 27.4. The van der Waals surface area contributed by atoms with Crippen molar-refractivity contribution in [2.24, 2.45) is 5.73 Å². The van der Waals surface area contributed by atoms with Crippen LogP contribution in [0.2, 0.25) is 0 Å². The number of carbonyl (C=O) groups is 1. The minimum atomic E-state index is -0.551. The van der Waals surface area contributed by atoms with Crippen LogP contribution in [0.15, 0.2) is 59.0 Å². The molecule has 0 saturated carbocycles. The SMILES string of the molecule is CCCOc1cc(C(N)=O)cc2nc(Nc3oc(C)nc3CC)n(C/C=C/Cn3c(Nc4cc(C)nn4CC)nc4ccccc43)c12. The van der Waals surface area contributed by atoms with Crippen molar-refractivity contribution in [2.45, 2.75) is 67.1 Å². The van der Waals surface area contributed by atoms with E-state index >= 15 is 0 Å². The maximum atomic E-state index is 12.2. The largest absolute Gasteiger partial charge is 0.491 e. The van der Waals surface area contributed by atoms with Gasteiger partial charge < -0.3 is 29.3 Å². The molecule has 0 aliphatic carbocycles. The summed E-state index contributed by atoms with van der Waals surface area (Å²) in [5, 5.41) is 11.4. The lowest BCUT2D eigenvalue weighted by atomic mass is 10.1. The topological polar surface area (TPSA) is 156 Å². The van der Waals surface area contributed by atoms with Gasteiger partial charge in [-0.05, 0) is 51.0 Å². The fourth-order valence-electron chi connectivity index (χ4n) is 5.59. The first-order valence-corrected chi connectivity index (χ1v) is 15.9. The van der Waals surface area contributed by atoms with Crippen molar-refractivity contribution in [1.82, 2.24) is 33.9 Å². The minimum absolute atomic E-state index is 0.326. The molecule has 6 rings (SSSR count). The molecule has 0 radical (unpaired) electrons. The fourth-order valence-corrected chi connectivity index (χ4v) is 5.59. The molecule has 0 bridgehead atoms. The normalized spacial score (nSPS) is 11.7. The Kier molecular flexibility index (Phi) is 8.96. The van der Waals surface area contributed by atoms with Gasteiger partial charge in [-0.15, -0.1) is 0 Å². The summed E-state index contributed by atoms with van der Waals surface area (Å²) >= 11 is 0. The molecule has 6 aromatic rings. The molecule has 0 spiro atoms. The highest BCUT2D eigenvalue weighted by molar-refractivity contribution is 5.99. The van der Waals surface area contributed by atoms with Crippen molar-refractivity contribution in [3.63, 3.8) is 0 Å². The van der Waals surface area contributed by atoms with Crippen LogP contribution < -0.4 is 21.1 Å². The standard InChI is InChI=1S/C34H40N10O3/c1-6-17-46-28-20-23(31(35)45)19-26-30(28)43(34(38-26)40-32-24(7-2)36-22(5)47-32)16-12-11-15-42-27-14-10-9-13-25(27)37-33(42)39-29-18-21(4)41-44(29)8-3/h9-14,18-20H,6-8,15-17H2,1-5H3,(H2,35,45)(H,37,39)(H,38,40)/b12-11+. The molecule has 0 fully saturated rings. The van der Waals surface area contributed by atoms with Gasteiger partial charge in [-0.2, -0.15) is 5.10 Å². The van der Waals surface area contributed by atoms with Crippen LogP contribution in [0.4, 0.5) is 23.6 Å². The third-order valence-electron chi connectivity index (χ3n) is 7.76. The van der Waals surface area contributed by atoms with Crippen molar-refractivity contribution in [3.05, 3.63) is 77.5 Å². The lowest BCUT2D eigenvalue weighted by Crippen LogP contribution is -2.11. The van der Waals surface area contributed by atoms with Crippen LogP contribution >= 0.6 is 0 Å². The van der Waals surface area contributed by atoms with E-state index in [1.807, 2.05) is 61.2 Å². The Hall–Kier alpha value is -5.59. The van der Waals surface area contributed by atoms with Crippen LogP contribution in [0.1, 0.15) is 54.8 Å². The Labute approximate surface area is 272 Å². The summed E-state index contributed by atoms with van der Waals surface area (Å²) in [5.74, 6) is 3.20. The third-order valence-corrected chi connectivity index (χ3v) is 7.76.